The van der Waals surface area contributed by atoms with E-state index in [2.05, 4.69) is 6.58 Å². The van der Waals surface area contributed by atoms with E-state index in [0.717, 1.165) is 28.7 Å². The molecule has 2 unspecified atom stereocenters. The van der Waals surface area contributed by atoms with Crippen molar-refractivity contribution in [3.8, 4) is 0 Å². The van der Waals surface area contributed by atoms with Crippen molar-refractivity contribution in [1.82, 2.24) is 0 Å². The number of allylic oxidation sites excluding steroid dienone is 1. The highest BCUT2D eigenvalue weighted by molar-refractivity contribution is 7.91. The van der Waals surface area contributed by atoms with Gasteiger partial charge in [0, 0.05) is 5.92 Å². The number of fused-ring (bicyclic) bond motifs is 1. The first kappa shape index (κ1) is 15.0. The van der Waals surface area contributed by atoms with Gasteiger partial charge >= 0.3 is 0 Å². The van der Waals surface area contributed by atoms with Crippen molar-refractivity contribution < 1.29 is 8.42 Å². The van der Waals surface area contributed by atoms with Crippen LogP contribution in [0.4, 0.5) is 0 Å². The van der Waals surface area contributed by atoms with Crippen LogP contribution in [-0.4, -0.2) is 8.42 Å². The third-order valence-electron chi connectivity index (χ3n) is 4.48. The van der Waals surface area contributed by atoms with E-state index >= 15 is 0 Å². The van der Waals surface area contributed by atoms with Gasteiger partial charge in [-0.1, -0.05) is 54.1 Å². The van der Waals surface area contributed by atoms with Crippen LogP contribution in [0.2, 0.25) is 0 Å². The maximum atomic E-state index is 13.2. The van der Waals surface area contributed by atoms with Crippen LogP contribution in [0.15, 0.2) is 65.6 Å². The first-order chi connectivity index (χ1) is 10.4. The fourth-order valence-corrected chi connectivity index (χ4v) is 5.38. The van der Waals surface area contributed by atoms with Crippen molar-refractivity contribution in [3.63, 3.8) is 0 Å². The van der Waals surface area contributed by atoms with E-state index in [1.54, 1.807) is 12.1 Å². The van der Waals surface area contributed by atoms with Crippen molar-refractivity contribution in [2.75, 3.05) is 0 Å². The topological polar surface area (TPSA) is 34.1 Å². The second-order valence-corrected chi connectivity index (χ2v) is 8.20. The number of hydrogen-bond donors (Lipinski definition) is 0. The van der Waals surface area contributed by atoms with Gasteiger partial charge in [0.2, 0.25) is 0 Å². The summed E-state index contributed by atoms with van der Waals surface area (Å²) in [7, 11) is -3.42. The summed E-state index contributed by atoms with van der Waals surface area (Å²) in [5.74, 6) is -0.0521. The van der Waals surface area contributed by atoms with E-state index in [1.165, 1.54) is 0 Å². The zero-order chi connectivity index (χ0) is 15.9. The second kappa shape index (κ2) is 5.40. The van der Waals surface area contributed by atoms with E-state index < -0.39 is 15.1 Å². The van der Waals surface area contributed by atoms with E-state index in [1.807, 2.05) is 50.2 Å². The zero-order valence-corrected chi connectivity index (χ0v) is 13.7. The molecule has 22 heavy (non-hydrogen) atoms. The Labute approximate surface area is 132 Å². The van der Waals surface area contributed by atoms with Gasteiger partial charge in [0.15, 0.2) is 9.84 Å². The molecule has 3 rings (SSSR count). The van der Waals surface area contributed by atoms with Crippen LogP contribution in [-0.2, 0) is 16.3 Å². The molecule has 0 fully saturated rings. The Hall–Kier alpha value is -1.87. The zero-order valence-electron chi connectivity index (χ0n) is 12.9. The Bertz CT molecular complexity index is 817. The lowest BCUT2D eigenvalue weighted by molar-refractivity contribution is 0.550. The lowest BCUT2D eigenvalue weighted by atomic mass is 9.98. The number of benzene rings is 2. The van der Waals surface area contributed by atoms with Crippen LogP contribution in [0.1, 0.15) is 28.9 Å². The summed E-state index contributed by atoms with van der Waals surface area (Å²) in [6, 6.07) is 15.0. The minimum atomic E-state index is -3.42. The van der Waals surface area contributed by atoms with Gasteiger partial charge in [0.1, 0.15) is 0 Å². The lowest BCUT2D eigenvalue weighted by Gasteiger charge is -2.21. The predicted octanol–water partition coefficient (Wildman–Crippen LogP) is 4.26. The predicted molar refractivity (Wildman–Crippen MR) is 89.6 cm³/mol. The Morgan fingerprint density at radius 3 is 2.36 bits per heavy atom. The molecule has 0 saturated heterocycles. The second-order valence-electron chi connectivity index (χ2n) is 6.13. The van der Waals surface area contributed by atoms with Gasteiger partial charge in [0.05, 0.1) is 10.1 Å². The first-order valence-corrected chi connectivity index (χ1v) is 8.99. The van der Waals surface area contributed by atoms with Crippen molar-refractivity contribution in [2.45, 2.75) is 30.4 Å². The summed E-state index contributed by atoms with van der Waals surface area (Å²) in [6.45, 7) is 7.91. The quantitative estimate of drug-likeness (QED) is 0.794. The molecular weight excluding hydrogens is 292 g/mol. The summed E-state index contributed by atoms with van der Waals surface area (Å²) in [5, 5.41) is -0.524. The van der Waals surface area contributed by atoms with Gasteiger partial charge in [-0.25, -0.2) is 8.42 Å². The Morgan fingerprint density at radius 1 is 1.09 bits per heavy atom. The lowest BCUT2D eigenvalue weighted by Crippen LogP contribution is -2.19. The standard InChI is InChI=1S/C19H20O2S/c1-13(2)18-12-15-6-4-5-7-17(15)19(18)22(20,21)16-10-8-14(3)9-11-16/h4-11,18-19H,1,12H2,2-3H3. The number of rotatable bonds is 3. The summed E-state index contributed by atoms with van der Waals surface area (Å²) in [5.41, 5.74) is 4.03. The average Bonchev–Trinajstić information content (AvgIpc) is 2.88. The van der Waals surface area contributed by atoms with Gasteiger partial charge in [-0.05, 0) is 43.5 Å². The summed E-state index contributed by atoms with van der Waals surface area (Å²) in [6.07, 6.45) is 0.751. The highest BCUT2D eigenvalue weighted by atomic mass is 32.2. The highest BCUT2D eigenvalue weighted by Crippen LogP contribution is 2.46. The smallest absolute Gasteiger partial charge is 0.185 e. The molecule has 0 saturated carbocycles. The minimum absolute atomic E-state index is 0.0521. The van der Waals surface area contributed by atoms with Gasteiger partial charge in [-0.15, -0.1) is 0 Å². The van der Waals surface area contributed by atoms with Crippen LogP contribution in [0.3, 0.4) is 0 Å². The molecule has 0 spiro atoms. The largest absolute Gasteiger partial charge is 0.223 e. The van der Waals surface area contributed by atoms with Gasteiger partial charge in [-0.2, -0.15) is 0 Å². The monoisotopic (exact) mass is 312 g/mol. The molecule has 2 atom stereocenters. The molecule has 2 nitrogen and oxygen atoms in total. The molecule has 2 aromatic carbocycles. The van der Waals surface area contributed by atoms with E-state index in [4.69, 9.17) is 0 Å². The van der Waals surface area contributed by atoms with Gasteiger partial charge in [0.25, 0.3) is 0 Å². The number of hydrogen-bond acceptors (Lipinski definition) is 2. The van der Waals surface area contributed by atoms with Gasteiger partial charge in [-0.3, -0.25) is 0 Å². The third-order valence-corrected chi connectivity index (χ3v) is 6.66. The summed E-state index contributed by atoms with van der Waals surface area (Å²) < 4.78 is 26.4. The van der Waals surface area contributed by atoms with E-state index in [0.29, 0.717) is 4.90 Å². The molecule has 3 heteroatoms. The Kier molecular flexibility index (Phi) is 3.69. The molecule has 0 amide bonds. The average molecular weight is 312 g/mol. The molecule has 1 aliphatic rings. The van der Waals surface area contributed by atoms with Crippen LogP contribution in [0.5, 0.6) is 0 Å². The first-order valence-electron chi connectivity index (χ1n) is 7.45. The van der Waals surface area contributed by atoms with Crippen LogP contribution < -0.4 is 0 Å². The van der Waals surface area contributed by atoms with Gasteiger partial charge < -0.3 is 0 Å². The van der Waals surface area contributed by atoms with Crippen LogP contribution in [0, 0.1) is 12.8 Å². The molecule has 0 heterocycles. The molecule has 0 aromatic heterocycles. The molecule has 0 aliphatic heterocycles. The fraction of sp³-hybridized carbons (Fsp3) is 0.263. The highest BCUT2D eigenvalue weighted by Gasteiger charge is 2.42. The van der Waals surface area contributed by atoms with Crippen LogP contribution >= 0.6 is 0 Å². The van der Waals surface area contributed by atoms with Crippen molar-refractivity contribution in [3.05, 3.63) is 77.4 Å². The van der Waals surface area contributed by atoms with Crippen molar-refractivity contribution in [1.29, 1.82) is 0 Å². The maximum absolute atomic E-state index is 13.2. The fourth-order valence-electron chi connectivity index (χ4n) is 3.25. The van der Waals surface area contributed by atoms with Crippen LogP contribution in [0.25, 0.3) is 0 Å². The van der Waals surface area contributed by atoms with Crippen molar-refractivity contribution >= 4 is 9.84 Å². The molecular formula is C19H20O2S. The molecule has 0 N–H and O–H groups in total. The normalized spacial score (nSPS) is 20.6. The SMILES string of the molecule is C=C(C)C1Cc2ccccc2C1S(=O)(=O)c1ccc(C)cc1. The maximum Gasteiger partial charge on any atom is 0.185 e. The molecule has 114 valence electrons. The summed E-state index contributed by atoms with van der Waals surface area (Å²) in [4.78, 5) is 0.394. The van der Waals surface area contributed by atoms with Crippen molar-refractivity contribution in [2.24, 2.45) is 5.92 Å². The summed E-state index contributed by atoms with van der Waals surface area (Å²) >= 11 is 0. The Morgan fingerprint density at radius 2 is 1.73 bits per heavy atom. The third kappa shape index (κ3) is 2.40. The molecule has 0 radical (unpaired) electrons. The minimum Gasteiger partial charge on any atom is -0.223 e. The van der Waals surface area contributed by atoms with E-state index in [-0.39, 0.29) is 5.92 Å². The molecule has 2 aromatic rings. The number of aryl methyl sites for hydroxylation is 1. The van der Waals surface area contributed by atoms with E-state index in [9.17, 15) is 8.42 Å². The Balaban J connectivity index is 2.14. The molecule has 0 bridgehead atoms. The number of sulfone groups is 1. The molecule has 1 aliphatic carbocycles.